The van der Waals surface area contributed by atoms with Crippen molar-refractivity contribution < 1.29 is 9.53 Å². The van der Waals surface area contributed by atoms with Crippen LogP contribution in [0.4, 0.5) is 0 Å². The highest BCUT2D eigenvalue weighted by Crippen LogP contribution is 2.22. The van der Waals surface area contributed by atoms with Gasteiger partial charge in [0.25, 0.3) is 0 Å². The summed E-state index contributed by atoms with van der Waals surface area (Å²) in [6.45, 7) is 4.65. The maximum Gasteiger partial charge on any atom is 0.220 e. The monoisotopic (exact) mass is 269 g/mol. The highest BCUT2D eigenvalue weighted by atomic mass is 35.5. The average molecular weight is 270 g/mol. The molecule has 0 bridgehead atoms. The lowest BCUT2D eigenvalue weighted by atomic mass is 10.1. The Kier molecular flexibility index (Phi) is 5.99. The van der Waals surface area contributed by atoms with Crippen molar-refractivity contribution in [2.45, 2.75) is 26.7 Å². The van der Waals surface area contributed by atoms with Crippen molar-refractivity contribution in [3.05, 3.63) is 28.8 Å². The molecule has 0 unspecified atom stereocenters. The summed E-state index contributed by atoms with van der Waals surface area (Å²) in [7, 11) is 1.63. The summed E-state index contributed by atoms with van der Waals surface area (Å²) in [5.74, 6) is 1.27. The van der Waals surface area contributed by atoms with Crippen LogP contribution in [0.25, 0.3) is 0 Å². The van der Waals surface area contributed by atoms with Gasteiger partial charge in [-0.1, -0.05) is 25.4 Å². The Balaban J connectivity index is 2.48. The van der Waals surface area contributed by atoms with Crippen molar-refractivity contribution in [2.75, 3.05) is 13.7 Å². The van der Waals surface area contributed by atoms with Crippen LogP contribution in [-0.2, 0) is 11.2 Å². The first-order valence-corrected chi connectivity index (χ1v) is 6.50. The molecular formula is C14H20ClNO2. The van der Waals surface area contributed by atoms with E-state index in [1.54, 1.807) is 13.2 Å². The van der Waals surface area contributed by atoms with E-state index < -0.39 is 0 Å². The third-order valence-electron chi connectivity index (χ3n) is 2.55. The molecule has 0 aliphatic rings. The Morgan fingerprint density at radius 3 is 2.78 bits per heavy atom. The Morgan fingerprint density at radius 2 is 2.17 bits per heavy atom. The minimum atomic E-state index is 0.0889. The van der Waals surface area contributed by atoms with Gasteiger partial charge in [-0.2, -0.15) is 0 Å². The topological polar surface area (TPSA) is 38.3 Å². The van der Waals surface area contributed by atoms with Gasteiger partial charge in [-0.05, 0) is 36.1 Å². The number of amides is 1. The van der Waals surface area contributed by atoms with E-state index in [1.807, 2.05) is 26.0 Å². The number of hydrogen-bond acceptors (Lipinski definition) is 2. The molecule has 3 nitrogen and oxygen atoms in total. The van der Waals surface area contributed by atoms with Crippen molar-refractivity contribution in [2.24, 2.45) is 5.92 Å². The molecule has 1 aromatic carbocycles. The summed E-state index contributed by atoms with van der Waals surface area (Å²) in [6, 6.07) is 5.50. The Hall–Kier alpha value is -1.22. The van der Waals surface area contributed by atoms with Gasteiger partial charge in [0.1, 0.15) is 5.75 Å². The molecule has 0 fully saturated rings. The fourth-order valence-electron chi connectivity index (χ4n) is 1.72. The number of benzene rings is 1. The summed E-state index contributed by atoms with van der Waals surface area (Å²) in [5.41, 5.74) is 1.01. The maximum atomic E-state index is 11.5. The highest BCUT2D eigenvalue weighted by molar-refractivity contribution is 6.30. The van der Waals surface area contributed by atoms with Crippen LogP contribution in [0.5, 0.6) is 5.75 Å². The minimum absolute atomic E-state index is 0.0889. The SMILES string of the molecule is COc1ccc(Cl)cc1CCNC(=O)CC(C)C. The van der Waals surface area contributed by atoms with Crippen molar-refractivity contribution in [1.82, 2.24) is 5.32 Å². The Labute approximate surface area is 113 Å². The lowest BCUT2D eigenvalue weighted by Gasteiger charge is -2.10. The van der Waals surface area contributed by atoms with Crippen LogP contribution in [0.2, 0.25) is 5.02 Å². The number of hydrogen-bond donors (Lipinski definition) is 1. The van der Waals surface area contributed by atoms with Crippen LogP contribution in [-0.4, -0.2) is 19.6 Å². The number of carbonyl (C=O) groups excluding carboxylic acids is 1. The van der Waals surface area contributed by atoms with Gasteiger partial charge in [0.15, 0.2) is 0 Å². The largest absolute Gasteiger partial charge is 0.496 e. The second kappa shape index (κ2) is 7.27. The lowest BCUT2D eigenvalue weighted by molar-refractivity contribution is -0.121. The first-order valence-electron chi connectivity index (χ1n) is 6.12. The molecule has 1 aromatic rings. The van der Waals surface area contributed by atoms with Crippen LogP contribution in [0.3, 0.4) is 0 Å². The third-order valence-corrected chi connectivity index (χ3v) is 2.79. The van der Waals surface area contributed by atoms with Crippen LogP contribution < -0.4 is 10.1 Å². The van der Waals surface area contributed by atoms with Crippen LogP contribution in [0.15, 0.2) is 18.2 Å². The molecule has 0 radical (unpaired) electrons. The molecule has 0 atom stereocenters. The zero-order valence-corrected chi connectivity index (χ0v) is 11.9. The summed E-state index contributed by atoms with van der Waals surface area (Å²) in [4.78, 5) is 11.5. The van der Waals surface area contributed by atoms with E-state index in [0.717, 1.165) is 11.3 Å². The fourth-order valence-corrected chi connectivity index (χ4v) is 1.92. The molecule has 0 saturated carbocycles. The molecule has 0 spiro atoms. The van der Waals surface area contributed by atoms with Crippen molar-refractivity contribution in [3.8, 4) is 5.75 Å². The molecule has 0 aliphatic heterocycles. The van der Waals surface area contributed by atoms with Gasteiger partial charge >= 0.3 is 0 Å². The first-order chi connectivity index (χ1) is 8.52. The molecule has 1 rings (SSSR count). The molecule has 100 valence electrons. The van der Waals surface area contributed by atoms with Crippen molar-refractivity contribution in [1.29, 1.82) is 0 Å². The number of ether oxygens (including phenoxy) is 1. The Bertz CT molecular complexity index is 405. The zero-order chi connectivity index (χ0) is 13.5. The molecule has 4 heteroatoms. The van der Waals surface area contributed by atoms with Gasteiger partial charge in [-0.3, -0.25) is 4.79 Å². The normalized spacial score (nSPS) is 10.5. The zero-order valence-electron chi connectivity index (χ0n) is 11.1. The molecule has 0 heterocycles. The van der Waals surface area contributed by atoms with Gasteiger partial charge in [-0.15, -0.1) is 0 Å². The van der Waals surface area contributed by atoms with E-state index in [9.17, 15) is 4.79 Å². The highest BCUT2D eigenvalue weighted by Gasteiger charge is 2.06. The van der Waals surface area contributed by atoms with Gasteiger partial charge in [0.2, 0.25) is 5.91 Å². The van der Waals surface area contributed by atoms with Crippen LogP contribution in [0, 0.1) is 5.92 Å². The predicted molar refractivity (Wildman–Crippen MR) is 74.2 cm³/mol. The van der Waals surface area contributed by atoms with E-state index in [4.69, 9.17) is 16.3 Å². The number of carbonyl (C=O) groups is 1. The second-order valence-corrected chi connectivity index (χ2v) is 5.09. The summed E-state index contributed by atoms with van der Waals surface area (Å²) in [6.07, 6.45) is 1.28. The molecule has 0 aromatic heterocycles. The molecule has 1 amide bonds. The average Bonchev–Trinajstić information content (AvgIpc) is 2.28. The van der Waals surface area contributed by atoms with E-state index >= 15 is 0 Å². The van der Waals surface area contributed by atoms with E-state index in [-0.39, 0.29) is 5.91 Å². The maximum absolute atomic E-state index is 11.5. The predicted octanol–water partition coefficient (Wildman–Crippen LogP) is 3.05. The van der Waals surface area contributed by atoms with Crippen molar-refractivity contribution in [3.63, 3.8) is 0 Å². The van der Waals surface area contributed by atoms with Gasteiger partial charge < -0.3 is 10.1 Å². The Morgan fingerprint density at radius 1 is 1.44 bits per heavy atom. The van der Waals surface area contributed by atoms with E-state index in [1.165, 1.54) is 0 Å². The molecule has 18 heavy (non-hydrogen) atoms. The van der Waals surface area contributed by atoms with Crippen LogP contribution >= 0.6 is 11.6 Å². The summed E-state index contributed by atoms with van der Waals surface area (Å²) in [5, 5.41) is 3.58. The summed E-state index contributed by atoms with van der Waals surface area (Å²) < 4.78 is 5.25. The van der Waals surface area contributed by atoms with E-state index in [2.05, 4.69) is 5.32 Å². The van der Waals surface area contributed by atoms with Crippen molar-refractivity contribution >= 4 is 17.5 Å². The number of methoxy groups -OCH3 is 1. The standard InChI is InChI=1S/C14H20ClNO2/c1-10(2)8-14(17)16-7-6-11-9-12(15)4-5-13(11)18-3/h4-5,9-10H,6-8H2,1-3H3,(H,16,17). The van der Waals surface area contributed by atoms with Gasteiger partial charge in [-0.25, -0.2) is 0 Å². The minimum Gasteiger partial charge on any atom is -0.496 e. The number of halogens is 1. The van der Waals surface area contributed by atoms with E-state index in [0.29, 0.717) is 30.3 Å². The molecule has 1 N–H and O–H groups in total. The van der Waals surface area contributed by atoms with Gasteiger partial charge in [0.05, 0.1) is 7.11 Å². The summed E-state index contributed by atoms with van der Waals surface area (Å²) >= 11 is 5.94. The van der Waals surface area contributed by atoms with Gasteiger partial charge in [0, 0.05) is 18.0 Å². The quantitative estimate of drug-likeness (QED) is 0.862. The molecular weight excluding hydrogens is 250 g/mol. The van der Waals surface area contributed by atoms with Crippen LogP contribution in [0.1, 0.15) is 25.8 Å². The second-order valence-electron chi connectivity index (χ2n) is 4.65. The number of rotatable bonds is 6. The molecule has 0 saturated heterocycles. The smallest absolute Gasteiger partial charge is 0.220 e. The molecule has 0 aliphatic carbocycles. The first kappa shape index (κ1) is 14.8. The lowest BCUT2D eigenvalue weighted by Crippen LogP contribution is -2.26. The number of nitrogens with one attached hydrogen (secondary N) is 1. The fraction of sp³-hybridized carbons (Fsp3) is 0.500. The third kappa shape index (κ3) is 4.96.